The summed E-state index contributed by atoms with van der Waals surface area (Å²) in [5.41, 5.74) is -0.454. The average Bonchev–Trinajstić information content (AvgIpc) is 3.46. The van der Waals surface area contributed by atoms with Gasteiger partial charge in [-0.2, -0.15) is 0 Å². The van der Waals surface area contributed by atoms with E-state index in [1.165, 1.54) is 0 Å². The van der Waals surface area contributed by atoms with Crippen molar-refractivity contribution < 1.29 is 19.5 Å². The first-order chi connectivity index (χ1) is 19.2. The molecule has 3 fully saturated rings. The van der Waals surface area contributed by atoms with Crippen LogP contribution in [0.5, 0.6) is 0 Å². The Hall–Kier alpha value is -1.80. The number of aliphatic hydroxyl groups excluding tert-OH is 1. The zero-order valence-electron chi connectivity index (χ0n) is 26.7. The third-order valence-corrected chi connectivity index (χ3v) is 11.3. The first kappa shape index (κ1) is 33.7. The van der Waals surface area contributed by atoms with Crippen LogP contribution in [0.3, 0.4) is 0 Å². The van der Waals surface area contributed by atoms with E-state index in [-0.39, 0.29) is 40.9 Å². The Labute approximate surface area is 253 Å². The maximum Gasteiger partial charge on any atom is 0.247 e. The number of carbonyl (C=O) groups excluding carboxylic acids is 3. The third kappa shape index (κ3) is 6.43. The summed E-state index contributed by atoms with van der Waals surface area (Å²) in [6, 6.07) is -0.629. The molecule has 0 aliphatic carbocycles. The fourth-order valence-electron chi connectivity index (χ4n) is 8.13. The molecular formula is C33H55N3O4S. The average molecular weight is 590 g/mol. The van der Waals surface area contributed by atoms with E-state index in [0.717, 1.165) is 25.7 Å². The first-order valence-electron chi connectivity index (χ1n) is 15.6. The molecule has 3 aliphatic rings. The molecule has 232 valence electrons. The van der Waals surface area contributed by atoms with Crippen molar-refractivity contribution in [2.24, 2.45) is 23.2 Å². The summed E-state index contributed by atoms with van der Waals surface area (Å²) in [6.45, 7) is 24.9. The van der Waals surface area contributed by atoms with Gasteiger partial charge >= 0.3 is 0 Å². The highest BCUT2D eigenvalue weighted by atomic mass is 32.2. The van der Waals surface area contributed by atoms with Gasteiger partial charge in [0.25, 0.3) is 0 Å². The second-order valence-electron chi connectivity index (χ2n) is 14.2. The van der Waals surface area contributed by atoms with Gasteiger partial charge in [-0.25, -0.2) is 0 Å². The van der Waals surface area contributed by atoms with Crippen LogP contribution in [0.15, 0.2) is 25.3 Å². The van der Waals surface area contributed by atoms with Gasteiger partial charge in [-0.15, -0.1) is 24.9 Å². The minimum absolute atomic E-state index is 0.00123. The fourth-order valence-corrected chi connectivity index (χ4v) is 10.5. The van der Waals surface area contributed by atoms with Crippen molar-refractivity contribution in [1.82, 2.24) is 14.7 Å². The normalized spacial score (nSPS) is 29.0. The molecule has 3 unspecified atom stereocenters. The van der Waals surface area contributed by atoms with E-state index in [0.29, 0.717) is 39.0 Å². The lowest BCUT2D eigenvalue weighted by atomic mass is 9.65. The number of thioether (sulfide) groups is 1. The number of hydrogen-bond donors (Lipinski definition) is 1. The lowest BCUT2D eigenvalue weighted by Crippen LogP contribution is -2.61. The van der Waals surface area contributed by atoms with Gasteiger partial charge in [0.1, 0.15) is 6.04 Å². The first-order valence-corrected chi connectivity index (χ1v) is 16.5. The lowest BCUT2D eigenvalue weighted by molar-refractivity contribution is -0.147. The van der Waals surface area contributed by atoms with E-state index >= 15 is 0 Å². The number of hydrogen-bond acceptors (Lipinski definition) is 5. The number of aliphatic hydroxyl groups is 1. The molecule has 3 saturated heterocycles. The van der Waals surface area contributed by atoms with Gasteiger partial charge in [0, 0.05) is 43.6 Å². The Balaban J connectivity index is 2.10. The maximum absolute atomic E-state index is 14.9. The van der Waals surface area contributed by atoms with Crippen LogP contribution in [0.25, 0.3) is 0 Å². The van der Waals surface area contributed by atoms with Gasteiger partial charge < -0.3 is 19.8 Å². The molecule has 7 nitrogen and oxygen atoms in total. The van der Waals surface area contributed by atoms with Crippen molar-refractivity contribution in [2.75, 3.05) is 32.8 Å². The van der Waals surface area contributed by atoms with Crippen molar-refractivity contribution in [1.29, 1.82) is 0 Å². The standard InChI is InChI=1S/C33H55N3O4S/c1-10-16-34(17-11-2)28(38)25-24-21-23(4)33(41-24)26(25)29(39)35(19-14-13-15-20-37)27(33)30(40)36(18-12-3)32(8,9)22-31(5,6)7/h10,12,23-27,37H,1,3,11,13-22H2,2,4-9H3/t23?,24-,25+,26+,27?,33?/m1/s1. The van der Waals surface area contributed by atoms with Gasteiger partial charge in [0.05, 0.1) is 16.6 Å². The van der Waals surface area contributed by atoms with Crippen molar-refractivity contribution in [3.8, 4) is 0 Å². The van der Waals surface area contributed by atoms with Crippen molar-refractivity contribution in [3.63, 3.8) is 0 Å². The highest BCUT2D eigenvalue weighted by Crippen LogP contribution is 2.69. The van der Waals surface area contributed by atoms with E-state index in [1.54, 1.807) is 23.9 Å². The molecule has 1 spiro atoms. The smallest absolute Gasteiger partial charge is 0.247 e. The Kier molecular flexibility index (Phi) is 10.9. The second-order valence-corrected chi connectivity index (χ2v) is 15.8. The third-order valence-electron chi connectivity index (χ3n) is 9.25. The van der Waals surface area contributed by atoms with E-state index in [9.17, 15) is 19.5 Å². The molecule has 0 saturated carbocycles. The van der Waals surface area contributed by atoms with Gasteiger partial charge in [0.15, 0.2) is 0 Å². The van der Waals surface area contributed by atoms with Crippen LogP contribution in [0, 0.1) is 23.2 Å². The molecule has 2 bridgehead atoms. The van der Waals surface area contributed by atoms with Crippen molar-refractivity contribution >= 4 is 29.5 Å². The number of fused-ring (bicyclic) bond motifs is 1. The van der Waals surface area contributed by atoms with Gasteiger partial charge in [0.2, 0.25) is 17.7 Å². The Bertz CT molecular complexity index is 991. The van der Waals surface area contributed by atoms with E-state index in [4.69, 9.17) is 0 Å². The number of carbonyl (C=O) groups is 3. The molecule has 41 heavy (non-hydrogen) atoms. The summed E-state index contributed by atoms with van der Waals surface area (Å²) in [6.07, 6.45) is 8.16. The molecule has 3 aliphatic heterocycles. The fraction of sp³-hybridized carbons (Fsp3) is 0.788. The second kappa shape index (κ2) is 13.2. The van der Waals surface area contributed by atoms with Crippen molar-refractivity contribution in [3.05, 3.63) is 25.3 Å². The predicted molar refractivity (Wildman–Crippen MR) is 168 cm³/mol. The minimum atomic E-state index is -0.639. The monoisotopic (exact) mass is 589 g/mol. The molecule has 0 aromatic carbocycles. The quantitative estimate of drug-likeness (QED) is 0.211. The van der Waals surface area contributed by atoms with Crippen molar-refractivity contribution in [2.45, 2.75) is 109 Å². The summed E-state index contributed by atoms with van der Waals surface area (Å²) in [5, 5.41) is 9.37. The molecule has 3 heterocycles. The summed E-state index contributed by atoms with van der Waals surface area (Å²) < 4.78 is -0.639. The Morgan fingerprint density at radius 3 is 2.32 bits per heavy atom. The lowest BCUT2D eigenvalue weighted by Gasteiger charge is -2.47. The van der Waals surface area contributed by atoms with Gasteiger partial charge in [-0.1, -0.05) is 46.8 Å². The minimum Gasteiger partial charge on any atom is -0.396 e. The van der Waals surface area contributed by atoms with Crippen LogP contribution in [0.1, 0.15) is 87.0 Å². The number of amides is 3. The summed E-state index contributed by atoms with van der Waals surface area (Å²) in [4.78, 5) is 49.1. The summed E-state index contributed by atoms with van der Waals surface area (Å²) in [5.74, 6) is -0.858. The topological polar surface area (TPSA) is 81.2 Å². The summed E-state index contributed by atoms with van der Waals surface area (Å²) in [7, 11) is 0. The van der Waals surface area contributed by atoms with E-state index in [1.807, 2.05) is 14.7 Å². The largest absolute Gasteiger partial charge is 0.396 e. The molecule has 8 heteroatoms. The predicted octanol–water partition coefficient (Wildman–Crippen LogP) is 5.14. The SMILES string of the molecule is C=CCN(CCC)C(=O)[C@@H]1[C@H]2C(=O)N(CCCCCO)C(C(=O)N(CC=C)C(C)(C)CC(C)(C)C)C23S[C@@H]1CC3C. The molecule has 6 atom stereocenters. The molecule has 3 rings (SSSR count). The Morgan fingerprint density at radius 1 is 1.10 bits per heavy atom. The zero-order valence-corrected chi connectivity index (χ0v) is 27.5. The van der Waals surface area contributed by atoms with Gasteiger partial charge in [-0.3, -0.25) is 14.4 Å². The number of rotatable bonds is 15. The molecule has 0 aromatic rings. The zero-order chi connectivity index (χ0) is 30.8. The highest BCUT2D eigenvalue weighted by Gasteiger charge is 2.76. The molecule has 1 N–H and O–H groups in total. The van der Waals surface area contributed by atoms with Crippen LogP contribution in [0.2, 0.25) is 0 Å². The van der Waals surface area contributed by atoms with Crippen LogP contribution in [-0.2, 0) is 14.4 Å². The highest BCUT2D eigenvalue weighted by molar-refractivity contribution is 8.02. The molecule has 0 aromatic heterocycles. The van der Waals surface area contributed by atoms with E-state index in [2.05, 4.69) is 61.6 Å². The molecule has 3 amide bonds. The Morgan fingerprint density at radius 2 is 1.76 bits per heavy atom. The van der Waals surface area contributed by atoms with Crippen LogP contribution in [-0.4, -0.2) is 91.9 Å². The van der Waals surface area contributed by atoms with Crippen LogP contribution >= 0.6 is 11.8 Å². The summed E-state index contributed by atoms with van der Waals surface area (Å²) >= 11 is 1.75. The van der Waals surface area contributed by atoms with Crippen LogP contribution < -0.4 is 0 Å². The molecule has 0 radical (unpaired) electrons. The van der Waals surface area contributed by atoms with Gasteiger partial charge in [-0.05, 0) is 63.7 Å². The van der Waals surface area contributed by atoms with Crippen LogP contribution in [0.4, 0.5) is 0 Å². The number of unbranched alkanes of at least 4 members (excludes halogenated alkanes) is 2. The van der Waals surface area contributed by atoms with E-state index < -0.39 is 28.2 Å². The number of likely N-dealkylation sites (tertiary alicyclic amines) is 1. The number of nitrogens with zero attached hydrogens (tertiary/aromatic N) is 3. The maximum atomic E-state index is 14.9. The molecular weight excluding hydrogens is 534 g/mol.